The Bertz CT molecular complexity index is 2240. The Labute approximate surface area is 289 Å². The van der Waals surface area contributed by atoms with Crippen LogP contribution < -0.4 is 25.6 Å². The van der Waals surface area contributed by atoms with Crippen LogP contribution in [-0.4, -0.2) is 79.9 Å². The summed E-state index contributed by atoms with van der Waals surface area (Å²) in [6, 6.07) is 15.6. The van der Waals surface area contributed by atoms with Gasteiger partial charge in [-0.05, 0) is 82.4 Å². The van der Waals surface area contributed by atoms with Crippen LogP contribution in [0.5, 0.6) is 5.75 Å². The van der Waals surface area contributed by atoms with Gasteiger partial charge in [0, 0.05) is 25.0 Å². The van der Waals surface area contributed by atoms with E-state index in [9.17, 15) is 22.4 Å². The Morgan fingerprint density at radius 3 is 2.46 bits per heavy atom. The van der Waals surface area contributed by atoms with Crippen molar-refractivity contribution in [1.29, 1.82) is 0 Å². The fraction of sp³-hybridized carbons (Fsp3) is 0.257. The third-order valence-electron chi connectivity index (χ3n) is 8.39. The molecule has 2 aromatic heterocycles. The van der Waals surface area contributed by atoms with Gasteiger partial charge in [-0.2, -0.15) is 9.97 Å². The lowest BCUT2D eigenvalue weighted by atomic mass is 10.1. The standard InChI is InChI=1S/C35H37FN8O5S/c1-20-10-12-23(13-11-20)50(47,48)43-15-14-24-32(38-26-9-7-8-25(36)31(26)34(46)37-3)40-35(41-33(24)43)39-27-18-28-22(17-29(27)49-6)16-21(2)44(28)30(45)19-42(4)5/h7-15,17-18,21H,16,19H2,1-6H3,(H,37,46)(H2,38,39,40,41)/t21-/m0/s1. The molecule has 260 valence electrons. The molecule has 13 nitrogen and oxygen atoms in total. The number of rotatable bonds is 10. The second kappa shape index (κ2) is 13.4. The minimum Gasteiger partial charge on any atom is -0.495 e. The summed E-state index contributed by atoms with van der Waals surface area (Å²) in [6.45, 7) is 4.05. The van der Waals surface area contributed by atoms with E-state index in [2.05, 4.69) is 25.9 Å². The minimum absolute atomic E-state index is 0.0139. The van der Waals surface area contributed by atoms with Gasteiger partial charge in [-0.15, -0.1) is 0 Å². The van der Waals surface area contributed by atoms with E-state index in [0.29, 0.717) is 23.5 Å². The van der Waals surface area contributed by atoms with Crippen molar-refractivity contribution in [2.75, 3.05) is 50.3 Å². The maximum atomic E-state index is 15.0. The third-order valence-corrected chi connectivity index (χ3v) is 10.1. The van der Waals surface area contributed by atoms with E-state index >= 15 is 0 Å². The second-order valence-electron chi connectivity index (χ2n) is 12.3. The molecule has 0 saturated carbocycles. The van der Waals surface area contributed by atoms with Crippen LogP contribution in [0.25, 0.3) is 11.0 Å². The number of hydrogen-bond acceptors (Lipinski definition) is 10. The Hall–Kier alpha value is -5.54. The number of likely N-dealkylation sites (N-methyl/N-ethyl adjacent to an activating group) is 1. The van der Waals surface area contributed by atoms with Gasteiger partial charge in [0.15, 0.2) is 5.65 Å². The van der Waals surface area contributed by atoms with Crippen LogP contribution in [0.2, 0.25) is 0 Å². The van der Waals surface area contributed by atoms with Crippen molar-refractivity contribution in [3.05, 3.63) is 89.4 Å². The van der Waals surface area contributed by atoms with Gasteiger partial charge in [0.05, 0.1) is 40.9 Å². The Morgan fingerprint density at radius 1 is 1.04 bits per heavy atom. The number of hydrogen-bond donors (Lipinski definition) is 3. The van der Waals surface area contributed by atoms with Crippen LogP contribution in [0.4, 0.5) is 33.2 Å². The molecule has 0 saturated heterocycles. The van der Waals surface area contributed by atoms with E-state index < -0.39 is 21.7 Å². The monoisotopic (exact) mass is 700 g/mol. The molecule has 0 bridgehead atoms. The van der Waals surface area contributed by atoms with Gasteiger partial charge in [-0.1, -0.05) is 23.8 Å². The number of nitrogens with zero attached hydrogens (tertiary/aromatic N) is 5. The molecule has 2 amide bonds. The number of aromatic nitrogens is 3. The number of amides is 2. The highest BCUT2D eigenvalue weighted by Gasteiger charge is 2.33. The summed E-state index contributed by atoms with van der Waals surface area (Å²) in [6.07, 6.45) is 1.99. The summed E-state index contributed by atoms with van der Waals surface area (Å²) >= 11 is 0. The van der Waals surface area contributed by atoms with Crippen molar-refractivity contribution >= 4 is 61.7 Å². The van der Waals surface area contributed by atoms with Gasteiger partial charge in [0.1, 0.15) is 17.4 Å². The molecule has 50 heavy (non-hydrogen) atoms. The highest BCUT2D eigenvalue weighted by molar-refractivity contribution is 7.90. The average molecular weight is 701 g/mol. The fourth-order valence-electron chi connectivity index (χ4n) is 6.03. The predicted octanol–water partition coefficient (Wildman–Crippen LogP) is 4.81. The quantitative estimate of drug-likeness (QED) is 0.185. The van der Waals surface area contributed by atoms with E-state index in [1.807, 2.05) is 34.0 Å². The first-order chi connectivity index (χ1) is 23.8. The SMILES string of the molecule is CNC(=O)c1c(F)cccc1Nc1nc(Nc2cc3c(cc2OC)C[C@H](C)N3C(=O)CN(C)C)nc2c1ccn2S(=O)(=O)c1ccc(C)cc1. The second-order valence-corrected chi connectivity index (χ2v) is 14.1. The van der Waals surface area contributed by atoms with E-state index in [0.717, 1.165) is 21.2 Å². The summed E-state index contributed by atoms with van der Waals surface area (Å²) in [5.41, 5.74) is 2.81. The molecule has 3 aromatic carbocycles. The van der Waals surface area contributed by atoms with Crippen LogP contribution in [0.3, 0.4) is 0 Å². The van der Waals surface area contributed by atoms with Crippen LogP contribution in [0, 0.1) is 12.7 Å². The molecule has 5 aromatic rings. The van der Waals surface area contributed by atoms with E-state index in [1.54, 1.807) is 28.0 Å². The van der Waals surface area contributed by atoms with Crippen LogP contribution in [0.1, 0.15) is 28.4 Å². The Balaban J connectivity index is 1.51. The number of methoxy groups -OCH3 is 1. The number of nitrogens with one attached hydrogen (secondary N) is 3. The molecule has 3 heterocycles. The number of benzene rings is 3. The molecule has 1 atom stereocenters. The third kappa shape index (κ3) is 6.32. The van der Waals surface area contributed by atoms with Crippen LogP contribution >= 0.6 is 0 Å². The molecule has 0 aliphatic carbocycles. The van der Waals surface area contributed by atoms with Gasteiger partial charge in [0.25, 0.3) is 15.9 Å². The van der Waals surface area contributed by atoms with E-state index in [-0.39, 0.29) is 57.4 Å². The van der Waals surface area contributed by atoms with Crippen LogP contribution in [-0.2, 0) is 21.2 Å². The number of ether oxygens (including phenoxy) is 1. The predicted molar refractivity (Wildman–Crippen MR) is 190 cm³/mol. The van der Waals surface area contributed by atoms with Crippen LogP contribution in [0.15, 0.2) is 71.8 Å². The average Bonchev–Trinajstić information content (AvgIpc) is 3.64. The lowest BCUT2D eigenvalue weighted by Gasteiger charge is -2.25. The molecule has 0 unspecified atom stereocenters. The van der Waals surface area contributed by atoms with Gasteiger partial charge >= 0.3 is 0 Å². The number of aryl methyl sites for hydroxylation is 1. The molecule has 0 spiro atoms. The summed E-state index contributed by atoms with van der Waals surface area (Å²) in [7, 11) is 2.43. The van der Waals surface area contributed by atoms with E-state index in [4.69, 9.17) is 4.74 Å². The van der Waals surface area contributed by atoms with Gasteiger partial charge in [0.2, 0.25) is 11.9 Å². The molecular weight excluding hydrogens is 664 g/mol. The summed E-state index contributed by atoms with van der Waals surface area (Å²) in [5, 5.41) is 8.93. The first-order valence-corrected chi connectivity index (χ1v) is 17.2. The molecule has 3 N–H and O–H groups in total. The number of fused-ring (bicyclic) bond motifs is 2. The largest absolute Gasteiger partial charge is 0.495 e. The zero-order chi connectivity index (χ0) is 35.9. The molecule has 15 heteroatoms. The first kappa shape index (κ1) is 34.3. The normalized spacial score (nSPS) is 14.2. The number of anilines is 5. The lowest BCUT2D eigenvalue weighted by molar-refractivity contribution is -0.119. The first-order valence-electron chi connectivity index (χ1n) is 15.8. The van der Waals surface area contributed by atoms with Gasteiger partial charge in [-0.3, -0.25) is 9.59 Å². The minimum atomic E-state index is -4.13. The number of halogens is 1. The summed E-state index contributed by atoms with van der Waals surface area (Å²) < 4.78 is 49.6. The highest BCUT2D eigenvalue weighted by Crippen LogP contribution is 2.41. The van der Waals surface area contributed by atoms with Gasteiger partial charge < -0.3 is 30.5 Å². The highest BCUT2D eigenvalue weighted by atomic mass is 32.2. The smallest absolute Gasteiger partial charge is 0.269 e. The summed E-state index contributed by atoms with van der Waals surface area (Å²) in [4.78, 5) is 38.9. The topological polar surface area (TPSA) is 151 Å². The molecule has 1 aliphatic heterocycles. The number of carbonyl (C=O) groups is 2. The maximum absolute atomic E-state index is 15.0. The zero-order valence-electron chi connectivity index (χ0n) is 28.4. The molecule has 0 radical (unpaired) electrons. The molecule has 0 fully saturated rings. The van der Waals surface area contributed by atoms with Crippen molar-refractivity contribution in [2.45, 2.75) is 31.2 Å². The van der Waals surface area contributed by atoms with Crippen molar-refractivity contribution in [2.24, 2.45) is 0 Å². The van der Waals surface area contributed by atoms with Crippen molar-refractivity contribution < 1.29 is 27.1 Å². The molecule has 1 aliphatic rings. The fourth-order valence-corrected chi connectivity index (χ4v) is 7.33. The zero-order valence-corrected chi connectivity index (χ0v) is 29.2. The van der Waals surface area contributed by atoms with Crippen molar-refractivity contribution in [3.63, 3.8) is 0 Å². The van der Waals surface area contributed by atoms with E-state index in [1.165, 1.54) is 50.7 Å². The number of carbonyl (C=O) groups excluding carboxylic acids is 2. The Kier molecular flexibility index (Phi) is 9.20. The maximum Gasteiger partial charge on any atom is 0.269 e. The molecular formula is C35H37FN8O5S. The van der Waals surface area contributed by atoms with Gasteiger partial charge in [-0.25, -0.2) is 16.8 Å². The lowest BCUT2D eigenvalue weighted by Crippen LogP contribution is -2.41. The summed E-state index contributed by atoms with van der Waals surface area (Å²) in [5.74, 6) is -0.981. The van der Waals surface area contributed by atoms with Crippen molar-refractivity contribution in [3.8, 4) is 5.75 Å². The molecule has 6 rings (SSSR count). The van der Waals surface area contributed by atoms with Crippen molar-refractivity contribution in [1.82, 2.24) is 24.2 Å². The Morgan fingerprint density at radius 2 is 1.78 bits per heavy atom.